The van der Waals surface area contributed by atoms with Gasteiger partial charge in [0.25, 0.3) is 0 Å². The van der Waals surface area contributed by atoms with Crippen molar-refractivity contribution in [1.82, 2.24) is 15.5 Å². The quantitative estimate of drug-likeness (QED) is 0.229. The number of nitrogens with one attached hydrogen (secondary N) is 2. The van der Waals surface area contributed by atoms with Gasteiger partial charge in [0.15, 0.2) is 0 Å². The molecule has 0 aliphatic heterocycles. The van der Waals surface area contributed by atoms with Crippen LogP contribution in [0.2, 0.25) is 0 Å². The third-order valence-electron chi connectivity index (χ3n) is 7.10. The van der Waals surface area contributed by atoms with Gasteiger partial charge in [-0.2, -0.15) is 0 Å². The Labute approximate surface area is 273 Å². The lowest BCUT2D eigenvalue weighted by atomic mass is 9.97. The predicted molar refractivity (Wildman–Crippen MR) is 178 cm³/mol. The normalized spacial score (nSPS) is 15.1. The van der Waals surface area contributed by atoms with Crippen LogP contribution in [-0.2, 0) is 30.3 Å². The SMILES string of the molecule is C#Cc1ccc(C(C(=O)NC(Cc2ccccc2)C(=O)OC(C)(C)C)N(C(=O)C(CC(C)C)NC(=O)OC(C)(C)C)C2CC2)cc1. The summed E-state index contributed by atoms with van der Waals surface area (Å²) in [6.45, 7) is 14.5. The highest BCUT2D eigenvalue weighted by molar-refractivity contribution is 5.94. The minimum Gasteiger partial charge on any atom is -0.458 e. The number of carbonyl (C=O) groups is 4. The largest absolute Gasteiger partial charge is 0.458 e. The van der Waals surface area contributed by atoms with Crippen LogP contribution in [0.15, 0.2) is 54.6 Å². The molecule has 1 aliphatic rings. The molecule has 46 heavy (non-hydrogen) atoms. The van der Waals surface area contributed by atoms with E-state index >= 15 is 0 Å². The fraction of sp³-hybridized carbons (Fsp3) is 0.514. The summed E-state index contributed by atoms with van der Waals surface area (Å²) in [7, 11) is 0. The molecule has 3 atom stereocenters. The minimum absolute atomic E-state index is 0.0505. The van der Waals surface area contributed by atoms with Gasteiger partial charge in [0.05, 0.1) is 0 Å². The second-order valence-electron chi connectivity index (χ2n) is 14.3. The van der Waals surface area contributed by atoms with E-state index in [1.54, 1.807) is 70.7 Å². The first kappa shape index (κ1) is 36.2. The van der Waals surface area contributed by atoms with Gasteiger partial charge in [0.2, 0.25) is 11.8 Å². The first-order chi connectivity index (χ1) is 21.5. The molecule has 1 saturated carbocycles. The maximum Gasteiger partial charge on any atom is 0.408 e. The number of benzene rings is 2. The van der Waals surface area contributed by atoms with Crippen molar-refractivity contribution in [3.8, 4) is 12.3 Å². The van der Waals surface area contributed by atoms with E-state index in [-0.39, 0.29) is 18.4 Å². The molecule has 2 N–H and O–H groups in total. The van der Waals surface area contributed by atoms with Gasteiger partial charge in [0, 0.05) is 18.0 Å². The molecule has 248 valence electrons. The van der Waals surface area contributed by atoms with Gasteiger partial charge < -0.3 is 25.0 Å². The second-order valence-corrected chi connectivity index (χ2v) is 14.3. The predicted octanol–water partition coefficient (Wildman–Crippen LogP) is 5.71. The van der Waals surface area contributed by atoms with Gasteiger partial charge in [0.1, 0.15) is 29.3 Å². The molecule has 9 heteroatoms. The standard InChI is InChI=1S/C37H49N3O6/c1-10-25-16-18-27(19-17-25)31(32(41)38-30(34(43)45-36(4,5)6)23-26-14-12-11-13-15-26)40(28-20-21-28)33(42)29(22-24(2)3)39-35(44)46-37(7,8)9/h1,11-19,24,28-31H,20-23H2,2-9H3,(H,38,41)(H,39,44). The van der Waals surface area contributed by atoms with Gasteiger partial charge in [-0.15, -0.1) is 6.42 Å². The zero-order valence-corrected chi connectivity index (χ0v) is 28.4. The highest BCUT2D eigenvalue weighted by atomic mass is 16.6. The summed E-state index contributed by atoms with van der Waals surface area (Å²) in [4.78, 5) is 56.8. The molecule has 3 unspecified atom stereocenters. The average Bonchev–Trinajstić information content (AvgIpc) is 3.78. The molecule has 0 saturated heterocycles. The summed E-state index contributed by atoms with van der Waals surface area (Å²) in [5.41, 5.74) is 0.436. The van der Waals surface area contributed by atoms with Crippen molar-refractivity contribution in [2.45, 2.75) is 116 Å². The van der Waals surface area contributed by atoms with Crippen LogP contribution < -0.4 is 10.6 Å². The van der Waals surface area contributed by atoms with E-state index in [1.807, 2.05) is 44.2 Å². The van der Waals surface area contributed by atoms with Crippen LogP contribution in [0.3, 0.4) is 0 Å². The molecular weight excluding hydrogens is 582 g/mol. The maximum absolute atomic E-state index is 14.5. The Kier molecular flexibility index (Phi) is 12.0. The number of amides is 3. The van der Waals surface area contributed by atoms with Gasteiger partial charge in [-0.3, -0.25) is 9.59 Å². The summed E-state index contributed by atoms with van der Waals surface area (Å²) in [5, 5.41) is 5.69. The van der Waals surface area contributed by atoms with Crippen LogP contribution in [0.25, 0.3) is 0 Å². The van der Waals surface area contributed by atoms with Gasteiger partial charge in [-0.05, 0) is 90.0 Å². The lowest BCUT2D eigenvalue weighted by Gasteiger charge is -2.36. The molecule has 2 aromatic carbocycles. The molecule has 1 fully saturated rings. The van der Waals surface area contributed by atoms with Crippen molar-refractivity contribution in [1.29, 1.82) is 0 Å². The van der Waals surface area contributed by atoms with E-state index in [0.29, 0.717) is 30.4 Å². The lowest BCUT2D eigenvalue weighted by Crippen LogP contribution is -2.55. The molecule has 1 aliphatic carbocycles. The molecule has 9 nitrogen and oxygen atoms in total. The monoisotopic (exact) mass is 631 g/mol. The molecule has 0 aromatic heterocycles. The van der Waals surface area contributed by atoms with Crippen molar-refractivity contribution >= 4 is 23.9 Å². The zero-order valence-electron chi connectivity index (χ0n) is 28.4. The van der Waals surface area contributed by atoms with Crippen LogP contribution in [0.4, 0.5) is 4.79 Å². The van der Waals surface area contributed by atoms with Gasteiger partial charge in [-0.25, -0.2) is 9.59 Å². The number of hydrogen-bond acceptors (Lipinski definition) is 6. The second kappa shape index (κ2) is 15.3. The molecular formula is C37H49N3O6. The van der Waals surface area contributed by atoms with Crippen LogP contribution in [0.5, 0.6) is 0 Å². The van der Waals surface area contributed by atoms with Gasteiger partial charge >= 0.3 is 12.1 Å². The van der Waals surface area contributed by atoms with Crippen LogP contribution >= 0.6 is 0 Å². The number of hydrogen-bond donors (Lipinski definition) is 2. The van der Waals surface area contributed by atoms with Crippen molar-refractivity contribution < 1.29 is 28.7 Å². The Bertz CT molecular complexity index is 1400. The highest BCUT2D eigenvalue weighted by Crippen LogP contribution is 2.36. The summed E-state index contributed by atoms with van der Waals surface area (Å²) < 4.78 is 11.2. The van der Waals surface area contributed by atoms with Crippen LogP contribution in [0, 0.1) is 18.3 Å². The fourth-order valence-electron chi connectivity index (χ4n) is 5.06. The number of terminal acetylenes is 1. The summed E-state index contributed by atoms with van der Waals surface area (Å²) in [5.74, 6) is 1.11. The molecule has 0 bridgehead atoms. The molecule has 0 spiro atoms. The number of alkyl carbamates (subject to hydrolysis) is 1. The summed E-state index contributed by atoms with van der Waals surface area (Å²) >= 11 is 0. The van der Waals surface area contributed by atoms with E-state index in [0.717, 1.165) is 5.56 Å². The number of ether oxygens (including phenoxy) is 2. The van der Waals surface area contributed by atoms with Gasteiger partial charge in [-0.1, -0.05) is 62.2 Å². The fourth-order valence-corrected chi connectivity index (χ4v) is 5.06. The van der Waals surface area contributed by atoms with E-state index in [2.05, 4.69) is 16.6 Å². The Balaban J connectivity index is 2.04. The van der Waals surface area contributed by atoms with Crippen molar-refractivity contribution in [2.24, 2.45) is 5.92 Å². The van der Waals surface area contributed by atoms with E-state index in [9.17, 15) is 19.2 Å². The minimum atomic E-state index is -1.11. The number of carbonyl (C=O) groups excluding carboxylic acids is 4. The Morgan fingerprint density at radius 3 is 1.96 bits per heavy atom. The Hall–Kier alpha value is -4.32. The molecule has 0 heterocycles. The Morgan fingerprint density at radius 1 is 0.870 bits per heavy atom. The van der Waals surface area contributed by atoms with E-state index in [1.165, 1.54) is 0 Å². The number of rotatable bonds is 12. The van der Waals surface area contributed by atoms with Crippen molar-refractivity contribution in [3.63, 3.8) is 0 Å². The Morgan fingerprint density at radius 2 is 1.46 bits per heavy atom. The highest BCUT2D eigenvalue weighted by Gasteiger charge is 2.45. The molecule has 3 amide bonds. The molecule has 3 rings (SSSR count). The zero-order chi connectivity index (χ0) is 34.2. The van der Waals surface area contributed by atoms with E-state index in [4.69, 9.17) is 15.9 Å². The average molecular weight is 632 g/mol. The van der Waals surface area contributed by atoms with E-state index < -0.39 is 53.2 Å². The first-order valence-corrected chi connectivity index (χ1v) is 15.9. The smallest absolute Gasteiger partial charge is 0.408 e. The first-order valence-electron chi connectivity index (χ1n) is 15.9. The third-order valence-corrected chi connectivity index (χ3v) is 7.10. The maximum atomic E-state index is 14.5. The number of esters is 1. The number of nitrogens with zero attached hydrogens (tertiary/aromatic N) is 1. The lowest BCUT2D eigenvalue weighted by molar-refractivity contribution is -0.159. The van der Waals surface area contributed by atoms with Crippen molar-refractivity contribution in [2.75, 3.05) is 0 Å². The summed E-state index contributed by atoms with van der Waals surface area (Å²) in [6, 6.07) is 12.9. The molecule has 2 aromatic rings. The van der Waals surface area contributed by atoms with Crippen molar-refractivity contribution in [3.05, 3.63) is 71.3 Å². The topological polar surface area (TPSA) is 114 Å². The third kappa shape index (κ3) is 11.2. The summed E-state index contributed by atoms with van der Waals surface area (Å²) in [6.07, 6.45) is 6.80. The molecule has 0 radical (unpaired) electrons. The van der Waals surface area contributed by atoms with Crippen LogP contribution in [0.1, 0.15) is 97.4 Å². The van der Waals surface area contributed by atoms with Crippen LogP contribution in [-0.4, -0.2) is 58.1 Å².